The van der Waals surface area contributed by atoms with E-state index in [0.717, 1.165) is 45.4 Å². The summed E-state index contributed by atoms with van der Waals surface area (Å²) in [6, 6.07) is 22.7. The molecule has 7 nitrogen and oxygen atoms in total. The Morgan fingerprint density at radius 1 is 1.02 bits per heavy atom. The zero-order chi connectivity index (χ0) is 28.6. The molecule has 2 aromatic carbocycles. The van der Waals surface area contributed by atoms with Crippen molar-refractivity contribution in [1.82, 2.24) is 14.9 Å². The van der Waals surface area contributed by atoms with Crippen LogP contribution in [0.5, 0.6) is 0 Å². The molecule has 0 spiro atoms. The maximum Gasteiger partial charge on any atom is 0.224 e. The first-order valence-electron chi connectivity index (χ1n) is 13.6. The SMILES string of the molecule is CCC(=O)Nc1ccc(N2C(=S)N[C@H](c3ccccn3)[C@@H]2c2cc(C)n(-c3ccc(N(C)C)cc3)c2C)cc1C. The first kappa shape index (κ1) is 27.4. The molecule has 1 saturated heterocycles. The monoisotopic (exact) mass is 552 g/mol. The van der Waals surface area contributed by atoms with Crippen LogP contribution in [0, 0.1) is 20.8 Å². The molecule has 1 aliphatic rings. The van der Waals surface area contributed by atoms with Crippen molar-refractivity contribution in [3.8, 4) is 5.69 Å². The Labute approximate surface area is 241 Å². The third-order valence-electron chi connectivity index (χ3n) is 7.59. The van der Waals surface area contributed by atoms with Crippen LogP contribution in [-0.4, -0.2) is 34.7 Å². The van der Waals surface area contributed by atoms with Crippen molar-refractivity contribution < 1.29 is 4.79 Å². The molecular formula is C32H36N6OS. The van der Waals surface area contributed by atoms with Crippen LogP contribution in [0.2, 0.25) is 0 Å². The first-order valence-corrected chi connectivity index (χ1v) is 14.0. The maximum atomic E-state index is 12.0. The quantitative estimate of drug-likeness (QED) is 0.259. The third kappa shape index (κ3) is 5.07. The van der Waals surface area contributed by atoms with Gasteiger partial charge in [-0.25, -0.2) is 0 Å². The smallest absolute Gasteiger partial charge is 0.224 e. The normalized spacial score (nSPS) is 16.6. The number of carbonyl (C=O) groups excluding carboxylic acids is 1. The van der Waals surface area contributed by atoms with Gasteiger partial charge in [0.25, 0.3) is 0 Å². The molecule has 4 aromatic rings. The Morgan fingerprint density at radius 2 is 1.75 bits per heavy atom. The Bertz CT molecular complexity index is 1540. The molecule has 1 fully saturated rings. The molecule has 206 valence electrons. The summed E-state index contributed by atoms with van der Waals surface area (Å²) in [6.07, 6.45) is 2.26. The van der Waals surface area contributed by atoms with E-state index in [0.29, 0.717) is 11.5 Å². The molecule has 40 heavy (non-hydrogen) atoms. The summed E-state index contributed by atoms with van der Waals surface area (Å²) in [4.78, 5) is 21.0. The number of nitrogens with one attached hydrogen (secondary N) is 2. The predicted molar refractivity (Wildman–Crippen MR) is 168 cm³/mol. The summed E-state index contributed by atoms with van der Waals surface area (Å²) in [5.74, 6) is -0.00615. The summed E-state index contributed by atoms with van der Waals surface area (Å²) in [6.45, 7) is 8.18. The van der Waals surface area contributed by atoms with Crippen LogP contribution in [0.25, 0.3) is 5.69 Å². The van der Waals surface area contributed by atoms with Crippen LogP contribution in [0.4, 0.5) is 17.1 Å². The number of amides is 1. The van der Waals surface area contributed by atoms with Gasteiger partial charge in [0.05, 0.1) is 17.8 Å². The highest BCUT2D eigenvalue weighted by Crippen LogP contribution is 2.44. The number of pyridine rings is 1. The molecule has 0 unspecified atom stereocenters. The van der Waals surface area contributed by atoms with Crippen molar-refractivity contribution in [3.63, 3.8) is 0 Å². The van der Waals surface area contributed by atoms with Gasteiger partial charge in [-0.3, -0.25) is 9.78 Å². The highest BCUT2D eigenvalue weighted by molar-refractivity contribution is 7.80. The molecule has 8 heteroatoms. The van der Waals surface area contributed by atoms with Gasteiger partial charge in [0, 0.05) is 60.9 Å². The largest absolute Gasteiger partial charge is 0.378 e. The minimum absolute atomic E-state index is 0.00615. The van der Waals surface area contributed by atoms with E-state index in [1.54, 1.807) is 0 Å². The van der Waals surface area contributed by atoms with Gasteiger partial charge < -0.3 is 25.0 Å². The minimum atomic E-state index is -0.140. The molecule has 2 N–H and O–H groups in total. The average Bonchev–Trinajstić information content (AvgIpc) is 3.44. The van der Waals surface area contributed by atoms with Gasteiger partial charge >= 0.3 is 0 Å². The molecular weight excluding hydrogens is 516 g/mol. The number of rotatable bonds is 7. The molecule has 2 aromatic heterocycles. The second-order valence-corrected chi connectivity index (χ2v) is 10.9. The van der Waals surface area contributed by atoms with Gasteiger partial charge in [0.1, 0.15) is 0 Å². The van der Waals surface area contributed by atoms with Crippen molar-refractivity contribution in [2.24, 2.45) is 0 Å². The van der Waals surface area contributed by atoms with Crippen molar-refractivity contribution in [2.75, 3.05) is 29.2 Å². The van der Waals surface area contributed by atoms with Gasteiger partial charge in [-0.15, -0.1) is 0 Å². The lowest BCUT2D eigenvalue weighted by Crippen LogP contribution is -2.29. The standard InChI is InChI=1S/C32H36N6OS/c1-7-29(39)34-27-16-15-25(18-20(27)2)38-31(30(35-32(38)40)28-10-8-9-17-33-28)26-19-21(3)37(22(26)4)24-13-11-23(12-14-24)36(5)6/h8-19,30-31H,7H2,1-6H3,(H,34,39)(H,35,40)/t30-,31+/m1/s1. The lowest BCUT2D eigenvalue weighted by Gasteiger charge is -2.29. The van der Waals surface area contributed by atoms with Crippen LogP contribution in [0.15, 0.2) is 72.9 Å². The van der Waals surface area contributed by atoms with Crippen LogP contribution < -0.4 is 20.4 Å². The lowest BCUT2D eigenvalue weighted by molar-refractivity contribution is -0.115. The predicted octanol–water partition coefficient (Wildman–Crippen LogP) is 6.39. The Balaban J connectivity index is 1.61. The molecule has 0 bridgehead atoms. The highest BCUT2D eigenvalue weighted by atomic mass is 32.1. The molecule has 0 radical (unpaired) electrons. The number of aryl methyl sites for hydroxylation is 2. The van der Waals surface area contributed by atoms with E-state index in [9.17, 15) is 4.79 Å². The van der Waals surface area contributed by atoms with Gasteiger partial charge in [0.2, 0.25) is 5.91 Å². The lowest BCUT2D eigenvalue weighted by atomic mass is 9.96. The van der Waals surface area contributed by atoms with Crippen molar-refractivity contribution in [1.29, 1.82) is 0 Å². The molecule has 1 amide bonds. The van der Waals surface area contributed by atoms with Crippen LogP contribution in [0.1, 0.15) is 53.6 Å². The Kier molecular flexibility index (Phi) is 7.63. The Hall–Kier alpha value is -4.17. The van der Waals surface area contributed by atoms with Gasteiger partial charge in [-0.05, 0) is 105 Å². The van der Waals surface area contributed by atoms with E-state index in [1.807, 2.05) is 64.5 Å². The molecule has 3 heterocycles. The summed E-state index contributed by atoms with van der Waals surface area (Å²) in [5.41, 5.74) is 9.45. The van der Waals surface area contributed by atoms with E-state index in [4.69, 9.17) is 17.2 Å². The number of carbonyl (C=O) groups is 1. The van der Waals surface area contributed by atoms with Gasteiger partial charge in [-0.1, -0.05) is 13.0 Å². The van der Waals surface area contributed by atoms with Crippen LogP contribution in [-0.2, 0) is 4.79 Å². The topological polar surface area (TPSA) is 65.4 Å². The Morgan fingerprint density at radius 3 is 2.38 bits per heavy atom. The fourth-order valence-electron chi connectivity index (χ4n) is 5.51. The van der Waals surface area contributed by atoms with E-state index in [2.05, 4.69) is 75.2 Å². The van der Waals surface area contributed by atoms with E-state index >= 15 is 0 Å². The minimum Gasteiger partial charge on any atom is -0.378 e. The third-order valence-corrected chi connectivity index (χ3v) is 7.91. The average molecular weight is 553 g/mol. The number of nitrogens with zero attached hydrogens (tertiary/aromatic N) is 4. The summed E-state index contributed by atoms with van der Waals surface area (Å²) in [5, 5.41) is 7.21. The molecule has 0 aliphatic carbocycles. The van der Waals surface area contributed by atoms with Crippen molar-refractivity contribution in [3.05, 3.63) is 101 Å². The maximum absolute atomic E-state index is 12.0. The molecule has 5 rings (SSSR count). The van der Waals surface area contributed by atoms with E-state index in [-0.39, 0.29) is 18.0 Å². The van der Waals surface area contributed by atoms with Crippen molar-refractivity contribution >= 4 is 40.3 Å². The van der Waals surface area contributed by atoms with Crippen LogP contribution in [0.3, 0.4) is 0 Å². The highest BCUT2D eigenvalue weighted by Gasteiger charge is 2.42. The number of thiocarbonyl (C=S) groups is 1. The number of anilines is 3. The van der Waals surface area contributed by atoms with E-state index < -0.39 is 0 Å². The summed E-state index contributed by atoms with van der Waals surface area (Å²) >= 11 is 5.96. The van der Waals surface area contributed by atoms with Gasteiger partial charge in [0.15, 0.2) is 5.11 Å². The van der Waals surface area contributed by atoms with Crippen molar-refractivity contribution in [2.45, 2.75) is 46.2 Å². The fraction of sp³-hybridized carbons (Fsp3) is 0.281. The molecule has 0 saturated carbocycles. The second-order valence-electron chi connectivity index (χ2n) is 10.5. The molecule has 1 aliphatic heterocycles. The van der Waals surface area contributed by atoms with Crippen LogP contribution >= 0.6 is 12.2 Å². The summed E-state index contributed by atoms with van der Waals surface area (Å²) < 4.78 is 2.30. The summed E-state index contributed by atoms with van der Waals surface area (Å²) in [7, 11) is 4.10. The number of hydrogen-bond donors (Lipinski definition) is 2. The second kappa shape index (κ2) is 11.1. The zero-order valence-electron chi connectivity index (χ0n) is 23.9. The van der Waals surface area contributed by atoms with Gasteiger partial charge in [-0.2, -0.15) is 0 Å². The number of benzene rings is 2. The zero-order valence-corrected chi connectivity index (χ0v) is 24.7. The fourth-order valence-corrected chi connectivity index (χ4v) is 5.86. The number of aromatic nitrogens is 2. The molecule has 2 atom stereocenters. The first-order chi connectivity index (χ1) is 19.2. The van der Waals surface area contributed by atoms with E-state index in [1.165, 1.54) is 5.56 Å². The number of hydrogen-bond acceptors (Lipinski definition) is 4.